The van der Waals surface area contributed by atoms with Crippen LogP contribution in [0.5, 0.6) is 0 Å². The number of aromatic nitrogens is 8. The first-order valence-corrected chi connectivity index (χ1v) is 20.7. The largest absolute Gasteiger partial charge is 0.481 e. The summed E-state index contributed by atoms with van der Waals surface area (Å²) in [6.07, 6.45) is 4.57. The topological polar surface area (TPSA) is 298 Å². The van der Waals surface area contributed by atoms with Crippen LogP contribution in [0.15, 0.2) is 67.7 Å². The van der Waals surface area contributed by atoms with E-state index in [4.69, 9.17) is 31.6 Å². The third-order valence-electron chi connectivity index (χ3n) is 11.9. The Bertz CT molecular complexity index is 2890. The molecule has 0 radical (unpaired) electrons. The first kappa shape index (κ1) is 46.1. The molecule has 4 atom stereocenters. The third kappa shape index (κ3) is 9.33. The van der Waals surface area contributed by atoms with E-state index in [1.165, 1.54) is 23.2 Å². The Hall–Kier alpha value is -7.42. The molecule has 0 aliphatic heterocycles. The molecule has 0 amide bonds. The molecule has 2 aliphatic rings. The molecule has 2 unspecified atom stereocenters. The Balaban J connectivity index is 0.000000182. The van der Waals surface area contributed by atoms with Gasteiger partial charge in [-0.25, -0.2) is 19.6 Å². The molecule has 6 aromatic rings. The molecule has 4 aromatic heterocycles. The lowest BCUT2D eigenvalue weighted by Gasteiger charge is -2.14. The average Bonchev–Trinajstić information content (AvgIpc) is 4.09. The van der Waals surface area contributed by atoms with Gasteiger partial charge < -0.3 is 30.8 Å². The summed E-state index contributed by atoms with van der Waals surface area (Å²) in [5.74, 6) is -0.393. The normalized spacial score (nSPS) is 17.9. The van der Waals surface area contributed by atoms with Crippen molar-refractivity contribution in [3.05, 3.63) is 124 Å². The highest BCUT2D eigenvalue weighted by molar-refractivity contribution is 5.75. The van der Waals surface area contributed by atoms with Gasteiger partial charge in [-0.15, -0.1) is 0 Å². The summed E-state index contributed by atoms with van der Waals surface area (Å²) in [5.41, 5.74) is 14.9. The van der Waals surface area contributed by atoms with Crippen LogP contribution in [0.4, 0.5) is 0 Å². The average molecular weight is 875 g/mol. The maximum Gasteiger partial charge on any atom is 0.332 e. The lowest BCUT2D eigenvalue weighted by atomic mass is 10.1. The van der Waals surface area contributed by atoms with Crippen LogP contribution >= 0.6 is 0 Å². The number of nitrogens with zero attached hydrogens (tertiary/aromatic N) is 10. The molecule has 20 heteroatoms. The highest BCUT2D eigenvalue weighted by Gasteiger charge is 2.32. The van der Waals surface area contributed by atoms with Crippen LogP contribution in [0, 0.1) is 22.7 Å². The highest BCUT2D eigenvalue weighted by atomic mass is 16.4. The van der Waals surface area contributed by atoms with E-state index in [9.17, 15) is 39.3 Å². The van der Waals surface area contributed by atoms with Crippen LogP contribution < -0.4 is 34.0 Å². The summed E-state index contributed by atoms with van der Waals surface area (Å²) in [5, 5.41) is 34.7. The zero-order valence-electron chi connectivity index (χ0n) is 36.0. The van der Waals surface area contributed by atoms with Gasteiger partial charge in [-0.2, -0.15) is 10.5 Å². The fourth-order valence-electron chi connectivity index (χ4n) is 8.46. The van der Waals surface area contributed by atoms with E-state index in [0.29, 0.717) is 46.5 Å². The maximum absolute atomic E-state index is 13.0. The molecule has 4 heterocycles. The van der Waals surface area contributed by atoms with Gasteiger partial charge in [-0.1, -0.05) is 36.4 Å². The summed E-state index contributed by atoms with van der Waals surface area (Å²) in [6, 6.07) is 19.3. The van der Waals surface area contributed by atoms with Crippen LogP contribution in [-0.4, -0.2) is 71.6 Å². The van der Waals surface area contributed by atoms with Crippen LogP contribution in [0.1, 0.15) is 97.1 Å². The molecule has 8 rings (SSSR count). The van der Waals surface area contributed by atoms with Crippen molar-refractivity contribution in [3.8, 4) is 12.1 Å². The minimum Gasteiger partial charge on any atom is -0.481 e. The molecular weight excluding hydrogens is 825 g/mol. The number of nitrogens with two attached hydrogens (primary N) is 2. The fourth-order valence-corrected chi connectivity index (χ4v) is 8.46. The first-order valence-electron chi connectivity index (χ1n) is 20.7. The molecule has 2 aliphatic carbocycles. The van der Waals surface area contributed by atoms with Crippen molar-refractivity contribution in [2.45, 2.75) is 88.4 Å². The number of aryl methyl sites for hydroxylation is 2. The fraction of sp³-hybridized carbons (Fsp3) is 0.409. The van der Waals surface area contributed by atoms with Crippen molar-refractivity contribution in [3.63, 3.8) is 0 Å². The monoisotopic (exact) mass is 874 g/mol. The Kier molecular flexibility index (Phi) is 13.9. The predicted octanol–water partition coefficient (Wildman–Crippen LogP) is 1.83. The number of nitriles is 2. The van der Waals surface area contributed by atoms with E-state index in [1.54, 1.807) is 26.2 Å². The summed E-state index contributed by atoms with van der Waals surface area (Å²) in [4.78, 5) is 79.4. The highest BCUT2D eigenvalue weighted by Crippen LogP contribution is 2.36. The number of hydrogen-bond donors (Lipinski definition) is 4. The first-order chi connectivity index (χ1) is 30.5. The number of carboxylic acids is 2. The second-order valence-electron chi connectivity index (χ2n) is 16.2. The second kappa shape index (κ2) is 19.3. The lowest BCUT2D eigenvalue weighted by molar-refractivity contribution is -0.143. The van der Waals surface area contributed by atoms with Gasteiger partial charge in [0.2, 0.25) is 0 Å². The van der Waals surface area contributed by atoms with E-state index in [1.807, 2.05) is 45.5 Å². The Morgan fingerprint density at radius 1 is 0.625 bits per heavy atom. The van der Waals surface area contributed by atoms with Crippen LogP contribution in [-0.2, 0) is 50.9 Å². The molecule has 0 spiro atoms. The van der Waals surface area contributed by atoms with Crippen molar-refractivity contribution in [1.82, 2.24) is 37.4 Å². The SMILES string of the molecule is Cn1c(=O)c2c(nc(C3CC[C@@H](N)C3)n2Cc2ccccc2C#N)n(C)c1=O.Cn1c(=O)c2c(nc(C3CC[C@@H](N)C3)n2Cc2ccccc2C#N)n(C)c1=O.O=C(O)CCC(=O)O. The van der Waals surface area contributed by atoms with Crippen LogP contribution in [0.25, 0.3) is 22.3 Å². The number of carbonyl (C=O) groups is 2. The van der Waals surface area contributed by atoms with Gasteiger partial charge in [0.25, 0.3) is 11.1 Å². The minimum atomic E-state index is -1.08. The minimum absolute atomic E-state index is 0.108. The summed E-state index contributed by atoms with van der Waals surface area (Å²) < 4.78 is 8.75. The molecule has 2 saturated carbocycles. The molecule has 2 fully saturated rings. The molecule has 0 saturated heterocycles. The number of fused-ring (bicyclic) bond motifs is 2. The Labute approximate surface area is 365 Å². The summed E-state index contributed by atoms with van der Waals surface area (Å²) in [6.45, 7) is 0.684. The van der Waals surface area contributed by atoms with Crippen molar-refractivity contribution in [2.75, 3.05) is 0 Å². The van der Waals surface area contributed by atoms with E-state index in [-0.39, 0.29) is 47.9 Å². The van der Waals surface area contributed by atoms with Gasteiger partial charge in [-0.3, -0.25) is 37.4 Å². The van der Waals surface area contributed by atoms with Crippen molar-refractivity contribution in [2.24, 2.45) is 39.7 Å². The molecule has 6 N–H and O–H groups in total. The van der Waals surface area contributed by atoms with E-state index in [2.05, 4.69) is 12.1 Å². The van der Waals surface area contributed by atoms with Gasteiger partial charge >= 0.3 is 23.3 Å². The van der Waals surface area contributed by atoms with Gasteiger partial charge in [0.1, 0.15) is 11.6 Å². The number of aliphatic carboxylic acids is 2. The van der Waals surface area contributed by atoms with Gasteiger partial charge in [-0.05, 0) is 61.8 Å². The summed E-state index contributed by atoms with van der Waals surface area (Å²) >= 11 is 0. The molecule has 0 bridgehead atoms. The molecule has 2 aromatic carbocycles. The third-order valence-corrected chi connectivity index (χ3v) is 11.9. The molecule has 20 nitrogen and oxygen atoms in total. The molecular formula is C44H50N12O8. The van der Waals surface area contributed by atoms with Gasteiger partial charge in [0.05, 0.1) is 49.2 Å². The second-order valence-corrected chi connectivity index (χ2v) is 16.2. The number of benzene rings is 2. The summed E-state index contributed by atoms with van der Waals surface area (Å²) in [7, 11) is 6.18. The lowest BCUT2D eigenvalue weighted by Crippen LogP contribution is -2.37. The molecule has 334 valence electrons. The van der Waals surface area contributed by atoms with Gasteiger partial charge in [0.15, 0.2) is 22.3 Å². The number of hydrogen-bond acceptors (Lipinski definition) is 12. The van der Waals surface area contributed by atoms with E-state index in [0.717, 1.165) is 70.4 Å². The molecule has 64 heavy (non-hydrogen) atoms. The standard InChI is InChI=1S/2C20H22N6O2.C4H6O4/c2*1-24-18-16(19(27)25(2)20(24)28)26(11-14-6-4-3-5-13(14)10-21)17(23-18)12-7-8-15(22)9-12;5-3(6)1-2-4(7)8/h2*3-6,12,15H,7-9,11,22H2,1-2H3;1-2H2,(H,5,6)(H,7,8)/t2*12?,15-;/m11./s1. The van der Waals surface area contributed by atoms with Crippen molar-refractivity contribution >= 4 is 34.3 Å². The number of rotatable bonds is 9. The van der Waals surface area contributed by atoms with Crippen molar-refractivity contribution in [1.29, 1.82) is 10.5 Å². The van der Waals surface area contributed by atoms with Crippen molar-refractivity contribution < 1.29 is 19.8 Å². The quantitative estimate of drug-likeness (QED) is 0.161. The zero-order valence-corrected chi connectivity index (χ0v) is 36.0. The Morgan fingerprint density at radius 3 is 1.30 bits per heavy atom. The van der Waals surface area contributed by atoms with Crippen LogP contribution in [0.2, 0.25) is 0 Å². The van der Waals surface area contributed by atoms with E-state index < -0.39 is 23.3 Å². The number of carboxylic acid groups (broad SMARTS) is 2. The van der Waals surface area contributed by atoms with E-state index >= 15 is 0 Å². The maximum atomic E-state index is 13.0. The smallest absolute Gasteiger partial charge is 0.332 e. The number of imidazole rings is 2. The van der Waals surface area contributed by atoms with Crippen LogP contribution in [0.3, 0.4) is 0 Å². The Morgan fingerprint density at radius 2 is 0.984 bits per heavy atom. The zero-order chi connectivity index (χ0) is 46.6. The van der Waals surface area contributed by atoms with Gasteiger partial charge in [0, 0.05) is 52.1 Å². The predicted molar refractivity (Wildman–Crippen MR) is 235 cm³/mol.